The molecule has 0 radical (unpaired) electrons. The highest BCUT2D eigenvalue weighted by Gasteiger charge is 2.45. The monoisotopic (exact) mass is 480 g/mol. The van der Waals surface area contributed by atoms with Gasteiger partial charge in [-0.1, -0.05) is 30.3 Å². The number of carbonyl (C=O) groups excluding carboxylic acids is 1. The topological polar surface area (TPSA) is 95.9 Å². The number of nitrogens with zero attached hydrogens (tertiary/aromatic N) is 1. The molecule has 2 N–H and O–H groups in total. The van der Waals surface area contributed by atoms with Crippen LogP contribution in [0.4, 0.5) is 5.69 Å². The average Bonchev–Trinajstić information content (AvgIpc) is 2.81. The number of aliphatic hydroxyl groups excluding tert-OH is 1. The van der Waals surface area contributed by atoms with E-state index in [0.717, 1.165) is 11.3 Å². The number of ether oxygens (including phenoxy) is 1. The summed E-state index contributed by atoms with van der Waals surface area (Å²) in [7, 11) is -2.29. The van der Waals surface area contributed by atoms with Crippen LogP contribution in [0.2, 0.25) is 0 Å². The molecule has 7 nitrogen and oxygen atoms in total. The second-order valence-corrected chi connectivity index (χ2v) is 10.7. The minimum atomic E-state index is -3.96. The van der Waals surface area contributed by atoms with E-state index in [1.807, 2.05) is 43.3 Å². The zero-order valence-corrected chi connectivity index (χ0v) is 20.3. The molecule has 1 heterocycles. The van der Waals surface area contributed by atoms with E-state index in [1.165, 1.54) is 11.0 Å². The van der Waals surface area contributed by atoms with Gasteiger partial charge in [0.1, 0.15) is 17.5 Å². The van der Waals surface area contributed by atoms with Crippen molar-refractivity contribution < 1.29 is 23.1 Å². The summed E-state index contributed by atoms with van der Waals surface area (Å²) in [5, 5.41) is 11.1. The molecule has 0 bridgehead atoms. The van der Waals surface area contributed by atoms with Gasteiger partial charge in [0, 0.05) is 23.9 Å². The summed E-state index contributed by atoms with van der Waals surface area (Å²) in [5.74, 6) is 0.139. The van der Waals surface area contributed by atoms with Crippen molar-refractivity contribution in [1.82, 2.24) is 4.72 Å². The first kappa shape index (κ1) is 23.9. The largest absolute Gasteiger partial charge is 0.485 e. The lowest BCUT2D eigenvalue weighted by atomic mass is 9.86. The zero-order chi connectivity index (χ0) is 24.7. The van der Waals surface area contributed by atoms with E-state index in [1.54, 1.807) is 51.2 Å². The molecule has 0 aliphatic carbocycles. The Kier molecular flexibility index (Phi) is 6.24. The van der Waals surface area contributed by atoms with Crippen LogP contribution in [0.15, 0.2) is 77.7 Å². The Morgan fingerprint density at radius 2 is 1.74 bits per heavy atom. The van der Waals surface area contributed by atoms with E-state index in [0.29, 0.717) is 16.9 Å². The van der Waals surface area contributed by atoms with Gasteiger partial charge in [-0.15, -0.1) is 0 Å². The number of hydrogen-bond donors (Lipinski definition) is 2. The molecular weight excluding hydrogens is 452 g/mol. The molecule has 1 aliphatic rings. The number of sulfonamides is 1. The van der Waals surface area contributed by atoms with Gasteiger partial charge in [0.15, 0.2) is 0 Å². The predicted octanol–water partition coefficient (Wildman–Crippen LogP) is 3.82. The summed E-state index contributed by atoms with van der Waals surface area (Å²) in [6.45, 7) is 5.19. The normalized spacial score (nSPS) is 19.1. The van der Waals surface area contributed by atoms with Crippen LogP contribution in [0.3, 0.4) is 0 Å². The molecule has 4 rings (SSSR count). The van der Waals surface area contributed by atoms with Gasteiger partial charge in [-0.25, -0.2) is 13.1 Å². The number of aryl methyl sites for hydroxylation is 1. The molecule has 0 aromatic heterocycles. The molecule has 0 spiro atoms. The van der Waals surface area contributed by atoms with E-state index < -0.39 is 27.8 Å². The fourth-order valence-electron chi connectivity index (χ4n) is 4.04. The number of benzene rings is 3. The van der Waals surface area contributed by atoms with Crippen LogP contribution in [0.25, 0.3) is 0 Å². The van der Waals surface area contributed by atoms with Gasteiger partial charge in [-0.3, -0.25) is 4.79 Å². The highest BCUT2D eigenvalue weighted by molar-refractivity contribution is 7.89. The van der Waals surface area contributed by atoms with E-state index in [4.69, 9.17) is 4.74 Å². The molecular formula is C26H28N2O5S. The van der Waals surface area contributed by atoms with Gasteiger partial charge >= 0.3 is 0 Å². The Morgan fingerprint density at radius 1 is 1.03 bits per heavy atom. The average molecular weight is 481 g/mol. The standard InChI is InChI=1S/C26H28N2O5S/c1-17-9-8-12-20(15-17)34(31,32)27-23-21-16-18(13-14-22(21)33-26(2,3)24(23)29)25(30)28(4)19-10-6-5-7-11-19/h5-16,23-24,27,29H,1-4H3/t23?,24-/m0/s1. The Hall–Kier alpha value is -3.20. The van der Waals surface area contributed by atoms with E-state index in [9.17, 15) is 18.3 Å². The molecule has 0 fully saturated rings. The number of amides is 1. The highest BCUT2D eigenvalue weighted by Crippen LogP contribution is 2.41. The molecule has 3 aromatic carbocycles. The maximum atomic E-state index is 13.2. The summed E-state index contributed by atoms with van der Waals surface area (Å²) < 4.78 is 35.0. The van der Waals surface area contributed by atoms with Crippen LogP contribution in [-0.4, -0.2) is 38.2 Å². The van der Waals surface area contributed by atoms with Crippen LogP contribution < -0.4 is 14.4 Å². The third-order valence-corrected chi connectivity index (χ3v) is 7.46. The Bertz CT molecular complexity index is 1320. The lowest BCUT2D eigenvalue weighted by Gasteiger charge is -2.42. The second kappa shape index (κ2) is 8.87. The molecule has 178 valence electrons. The van der Waals surface area contributed by atoms with Gasteiger partial charge in [-0.05, 0) is 68.8 Å². The van der Waals surface area contributed by atoms with Crippen molar-refractivity contribution in [2.45, 2.75) is 43.4 Å². The first-order valence-electron chi connectivity index (χ1n) is 10.9. The Balaban J connectivity index is 1.73. The zero-order valence-electron chi connectivity index (χ0n) is 19.5. The molecule has 34 heavy (non-hydrogen) atoms. The number of nitrogens with one attached hydrogen (secondary N) is 1. The summed E-state index contributed by atoms with van der Waals surface area (Å²) in [4.78, 5) is 14.8. The first-order chi connectivity index (χ1) is 16.0. The number of fused-ring (bicyclic) bond motifs is 1. The van der Waals surface area contributed by atoms with E-state index in [-0.39, 0.29) is 10.8 Å². The lowest BCUT2D eigenvalue weighted by Crippen LogP contribution is -2.53. The van der Waals surface area contributed by atoms with Crippen LogP contribution in [0.5, 0.6) is 5.75 Å². The highest BCUT2D eigenvalue weighted by atomic mass is 32.2. The van der Waals surface area contributed by atoms with Crippen molar-refractivity contribution >= 4 is 21.6 Å². The van der Waals surface area contributed by atoms with Gasteiger partial charge in [0.2, 0.25) is 10.0 Å². The third kappa shape index (κ3) is 4.57. The molecule has 1 unspecified atom stereocenters. The molecule has 1 amide bonds. The molecule has 1 aliphatic heterocycles. The molecule has 2 atom stereocenters. The van der Waals surface area contributed by atoms with Crippen molar-refractivity contribution in [1.29, 1.82) is 0 Å². The van der Waals surface area contributed by atoms with Crippen LogP contribution in [-0.2, 0) is 10.0 Å². The van der Waals surface area contributed by atoms with E-state index >= 15 is 0 Å². The lowest BCUT2D eigenvalue weighted by molar-refractivity contribution is -0.0603. The number of rotatable bonds is 5. The van der Waals surface area contributed by atoms with Crippen molar-refractivity contribution in [2.75, 3.05) is 11.9 Å². The van der Waals surface area contributed by atoms with Crippen LogP contribution in [0.1, 0.15) is 41.4 Å². The molecule has 0 saturated heterocycles. The summed E-state index contributed by atoms with van der Waals surface area (Å²) in [6.07, 6.45) is -1.20. The van der Waals surface area contributed by atoms with Crippen molar-refractivity contribution in [3.63, 3.8) is 0 Å². The number of hydrogen-bond acceptors (Lipinski definition) is 5. The minimum absolute atomic E-state index is 0.0987. The van der Waals surface area contributed by atoms with Gasteiger partial charge in [-0.2, -0.15) is 0 Å². The summed E-state index contributed by atoms with van der Waals surface area (Å²) in [5.41, 5.74) is 1.21. The maximum absolute atomic E-state index is 13.2. The van der Waals surface area contributed by atoms with Crippen molar-refractivity contribution in [2.24, 2.45) is 0 Å². The molecule has 8 heteroatoms. The van der Waals surface area contributed by atoms with Crippen LogP contribution in [0, 0.1) is 6.92 Å². The van der Waals surface area contributed by atoms with E-state index in [2.05, 4.69) is 4.72 Å². The van der Waals surface area contributed by atoms with Crippen molar-refractivity contribution in [3.05, 3.63) is 89.5 Å². The predicted molar refractivity (Wildman–Crippen MR) is 131 cm³/mol. The van der Waals surface area contributed by atoms with Crippen molar-refractivity contribution in [3.8, 4) is 5.75 Å². The number of aliphatic hydroxyl groups is 1. The summed E-state index contributed by atoms with van der Waals surface area (Å²) >= 11 is 0. The molecule has 0 saturated carbocycles. The fraction of sp³-hybridized carbons (Fsp3) is 0.269. The Morgan fingerprint density at radius 3 is 2.41 bits per heavy atom. The fourth-order valence-corrected chi connectivity index (χ4v) is 5.37. The minimum Gasteiger partial charge on any atom is -0.485 e. The smallest absolute Gasteiger partial charge is 0.258 e. The number of anilines is 1. The van der Waals surface area contributed by atoms with Gasteiger partial charge in [0.25, 0.3) is 5.91 Å². The van der Waals surface area contributed by atoms with Crippen LogP contribution >= 0.6 is 0 Å². The quantitative estimate of drug-likeness (QED) is 0.579. The van der Waals surface area contributed by atoms with Gasteiger partial charge < -0.3 is 14.7 Å². The SMILES string of the molecule is Cc1cccc(S(=O)(=O)NC2c3cc(C(=O)N(C)c4ccccc4)ccc3OC(C)(C)[C@H]2O)c1. The summed E-state index contributed by atoms with van der Waals surface area (Å²) in [6, 6.07) is 19.6. The van der Waals surface area contributed by atoms with Gasteiger partial charge in [0.05, 0.1) is 10.9 Å². The second-order valence-electron chi connectivity index (χ2n) is 9.02. The first-order valence-corrected chi connectivity index (χ1v) is 12.4. The third-order valence-electron chi connectivity index (χ3n) is 6.02. The number of carbonyl (C=O) groups is 1. The Labute approximate surface area is 200 Å². The number of para-hydroxylation sites is 1. The molecule has 3 aromatic rings. The maximum Gasteiger partial charge on any atom is 0.258 e.